The highest BCUT2D eigenvalue weighted by molar-refractivity contribution is 5.35. The van der Waals surface area contributed by atoms with Crippen molar-refractivity contribution in [2.45, 2.75) is 25.4 Å². The van der Waals surface area contributed by atoms with Crippen LogP contribution in [0.4, 0.5) is 5.95 Å². The topological polar surface area (TPSA) is 142 Å². The van der Waals surface area contributed by atoms with Gasteiger partial charge in [0.05, 0.1) is 11.1 Å². The van der Waals surface area contributed by atoms with Gasteiger partial charge in [0, 0.05) is 18.8 Å². The van der Waals surface area contributed by atoms with Crippen molar-refractivity contribution in [1.29, 1.82) is 0 Å². The van der Waals surface area contributed by atoms with E-state index in [1.165, 1.54) is 13.8 Å². The Hall–Kier alpha value is -2.59. The van der Waals surface area contributed by atoms with E-state index in [0.717, 1.165) is 10.9 Å². The Morgan fingerprint density at radius 3 is 2.67 bits per heavy atom. The summed E-state index contributed by atoms with van der Waals surface area (Å²) >= 11 is 0. The number of tetrazole rings is 1. The van der Waals surface area contributed by atoms with E-state index in [-0.39, 0.29) is 11.6 Å². The van der Waals surface area contributed by atoms with Crippen LogP contribution in [0, 0.1) is 20.2 Å². The van der Waals surface area contributed by atoms with Crippen LogP contribution < -0.4 is 5.32 Å². The summed E-state index contributed by atoms with van der Waals surface area (Å²) in [5.74, 6) is 0.125. The molecule has 0 spiro atoms. The summed E-state index contributed by atoms with van der Waals surface area (Å²) in [7, 11) is 0. The number of fused-ring (bicyclic) bond motifs is 1. The van der Waals surface area contributed by atoms with Crippen molar-refractivity contribution >= 4 is 5.95 Å². The molecule has 0 saturated carbocycles. The molecule has 11 nitrogen and oxygen atoms in total. The zero-order chi connectivity index (χ0) is 13.5. The highest BCUT2D eigenvalue weighted by Crippen LogP contribution is 2.35. The average Bonchev–Trinajstić information content (AvgIpc) is 2.74. The van der Waals surface area contributed by atoms with Crippen molar-refractivity contribution in [3.05, 3.63) is 32.1 Å². The molecule has 0 fully saturated rings. The molecule has 0 amide bonds. The van der Waals surface area contributed by atoms with Crippen molar-refractivity contribution in [3.63, 3.8) is 0 Å². The molecule has 1 aromatic rings. The van der Waals surface area contributed by atoms with E-state index >= 15 is 0 Å². The lowest BCUT2D eigenvalue weighted by atomic mass is 9.92. The van der Waals surface area contributed by atoms with Crippen LogP contribution in [0.1, 0.15) is 19.9 Å². The maximum absolute atomic E-state index is 11.1. The monoisotopic (exact) mass is 255 g/mol. The molecular weight excluding hydrogens is 246 g/mol. The van der Waals surface area contributed by atoms with Gasteiger partial charge in [-0.1, -0.05) is 5.10 Å². The number of anilines is 1. The van der Waals surface area contributed by atoms with Gasteiger partial charge in [-0.25, -0.2) is 0 Å². The number of hydrogen-bond donors (Lipinski definition) is 1. The van der Waals surface area contributed by atoms with Gasteiger partial charge in [-0.3, -0.25) is 20.2 Å². The molecule has 0 bridgehead atoms. The Morgan fingerprint density at radius 1 is 1.44 bits per heavy atom. The quantitative estimate of drug-likeness (QED) is 0.578. The van der Waals surface area contributed by atoms with Crippen LogP contribution in [0.2, 0.25) is 0 Å². The van der Waals surface area contributed by atoms with Crippen LogP contribution in [0.3, 0.4) is 0 Å². The third-order valence-electron chi connectivity index (χ3n) is 2.72. The lowest BCUT2D eigenvalue weighted by Crippen LogP contribution is -2.45. The van der Waals surface area contributed by atoms with Gasteiger partial charge in [-0.2, -0.15) is 4.68 Å². The van der Waals surface area contributed by atoms with Crippen molar-refractivity contribution in [3.8, 4) is 0 Å². The lowest BCUT2D eigenvalue weighted by Gasteiger charge is -2.26. The van der Waals surface area contributed by atoms with Crippen LogP contribution in [-0.2, 0) is 0 Å². The van der Waals surface area contributed by atoms with Gasteiger partial charge in [0.25, 0.3) is 5.70 Å². The summed E-state index contributed by atoms with van der Waals surface area (Å²) in [6, 6.07) is -1.19. The van der Waals surface area contributed by atoms with E-state index in [9.17, 15) is 20.2 Å². The summed E-state index contributed by atoms with van der Waals surface area (Å²) in [6.45, 7) is 2.57. The zero-order valence-corrected chi connectivity index (χ0v) is 9.47. The predicted octanol–water partition coefficient (Wildman–Crippen LogP) is -0.187. The molecule has 0 saturated heterocycles. The lowest BCUT2D eigenvalue weighted by molar-refractivity contribution is -0.575. The number of nitro groups is 2. The van der Waals surface area contributed by atoms with E-state index in [1.54, 1.807) is 0 Å². The maximum atomic E-state index is 11.1. The van der Waals surface area contributed by atoms with Crippen LogP contribution in [-0.4, -0.2) is 35.6 Å². The molecule has 11 heteroatoms. The average molecular weight is 255 g/mol. The first kappa shape index (κ1) is 11.9. The van der Waals surface area contributed by atoms with Crippen molar-refractivity contribution < 1.29 is 9.85 Å². The van der Waals surface area contributed by atoms with Crippen LogP contribution in [0.5, 0.6) is 0 Å². The van der Waals surface area contributed by atoms with Gasteiger partial charge in [0.2, 0.25) is 17.5 Å². The maximum Gasteiger partial charge on any atom is 0.294 e. The highest BCUT2D eigenvalue weighted by atomic mass is 16.6. The van der Waals surface area contributed by atoms with Gasteiger partial charge in [-0.15, -0.1) is 0 Å². The number of aromatic nitrogens is 4. The van der Waals surface area contributed by atoms with E-state index < -0.39 is 21.4 Å². The Labute approximate surface area is 99.8 Å². The third-order valence-corrected chi connectivity index (χ3v) is 2.72. The number of nitrogens with zero attached hydrogens (tertiary/aromatic N) is 6. The number of nitrogens with one attached hydrogen (secondary N) is 1. The molecule has 1 unspecified atom stereocenters. The molecule has 1 aromatic heterocycles. The minimum absolute atomic E-state index is 0.125. The normalized spacial score (nSPS) is 18.6. The highest BCUT2D eigenvalue weighted by Gasteiger charge is 2.52. The van der Waals surface area contributed by atoms with Crippen LogP contribution in [0.15, 0.2) is 11.9 Å². The molecule has 2 heterocycles. The molecule has 0 aliphatic carbocycles. The summed E-state index contributed by atoms with van der Waals surface area (Å²) < 4.78 is 1.04. The Kier molecular flexibility index (Phi) is 2.45. The number of hydrogen-bond acceptors (Lipinski definition) is 8. The smallest absolute Gasteiger partial charge is 0.294 e. The summed E-state index contributed by atoms with van der Waals surface area (Å²) in [4.78, 5) is 20.8. The Bertz CT molecular complexity index is 548. The molecule has 1 N–H and O–H groups in total. The van der Waals surface area contributed by atoms with E-state index in [4.69, 9.17) is 0 Å². The second-order valence-electron chi connectivity index (χ2n) is 4.23. The van der Waals surface area contributed by atoms with Crippen LogP contribution >= 0.6 is 0 Å². The fourth-order valence-corrected chi connectivity index (χ4v) is 1.72. The fourth-order valence-electron chi connectivity index (χ4n) is 1.72. The molecular formula is C7H9N7O4. The molecule has 1 aliphatic rings. The minimum Gasteiger partial charge on any atom is -0.324 e. The number of rotatable bonds is 3. The minimum atomic E-state index is -1.62. The first-order valence-corrected chi connectivity index (χ1v) is 4.89. The van der Waals surface area contributed by atoms with Gasteiger partial charge in [0.1, 0.15) is 0 Å². The van der Waals surface area contributed by atoms with Gasteiger partial charge in [0.15, 0.2) is 0 Å². The zero-order valence-electron chi connectivity index (χ0n) is 9.47. The second kappa shape index (κ2) is 3.72. The summed E-state index contributed by atoms with van der Waals surface area (Å²) in [5, 5.41) is 35.0. The first-order chi connectivity index (χ1) is 8.35. The molecule has 0 aromatic carbocycles. The molecule has 1 atom stereocenters. The SMILES string of the molecule is CC(C)(C1C([N+](=O)[O-])=CNc2nnnn21)[N+](=O)[O-]. The van der Waals surface area contributed by atoms with Gasteiger partial charge >= 0.3 is 0 Å². The Morgan fingerprint density at radius 2 is 2.11 bits per heavy atom. The van der Waals surface area contributed by atoms with Crippen molar-refractivity contribution in [2.24, 2.45) is 0 Å². The second-order valence-corrected chi connectivity index (χ2v) is 4.23. The molecule has 2 rings (SSSR count). The Balaban J connectivity index is 2.57. The van der Waals surface area contributed by atoms with Gasteiger partial charge < -0.3 is 5.32 Å². The standard InChI is InChI=1S/C7H9N7O4/c1-7(2,14(17)18)5-4(13(15)16)3-8-6-9-10-11-12(5)6/h3,5H,1-2H3,(H,8,9,11). The van der Waals surface area contributed by atoms with Crippen LogP contribution in [0.25, 0.3) is 0 Å². The molecule has 0 radical (unpaired) electrons. The van der Waals surface area contributed by atoms with E-state index in [2.05, 4.69) is 20.8 Å². The summed E-state index contributed by atoms with van der Waals surface area (Å²) in [6.07, 6.45) is 1.07. The summed E-state index contributed by atoms with van der Waals surface area (Å²) in [5.41, 5.74) is -1.98. The molecule has 18 heavy (non-hydrogen) atoms. The largest absolute Gasteiger partial charge is 0.324 e. The molecule has 96 valence electrons. The van der Waals surface area contributed by atoms with E-state index in [1.807, 2.05) is 0 Å². The third kappa shape index (κ3) is 1.56. The predicted molar refractivity (Wildman–Crippen MR) is 56.6 cm³/mol. The first-order valence-electron chi connectivity index (χ1n) is 4.89. The van der Waals surface area contributed by atoms with Gasteiger partial charge in [-0.05, 0) is 10.4 Å². The molecule has 1 aliphatic heterocycles. The van der Waals surface area contributed by atoms with Crippen molar-refractivity contribution in [2.75, 3.05) is 5.32 Å². The fraction of sp³-hybridized carbons (Fsp3) is 0.571. The van der Waals surface area contributed by atoms with Crippen molar-refractivity contribution in [1.82, 2.24) is 20.2 Å². The van der Waals surface area contributed by atoms with E-state index in [0.29, 0.717) is 0 Å².